The number of hydrogen-bond acceptors (Lipinski definition) is 20. The number of benzene rings is 5. The summed E-state index contributed by atoms with van der Waals surface area (Å²) in [4.78, 5) is 10.5. The molecule has 1 aliphatic rings. The number of para-hydroxylation sites is 1. The topological polar surface area (TPSA) is 353 Å². The number of ketones is 1. The van der Waals surface area contributed by atoms with Crippen LogP contribution >= 0.6 is 0 Å². The number of hydrazone groups is 1. The summed E-state index contributed by atoms with van der Waals surface area (Å²) in [6, 6.07) is 22.4. The first kappa shape index (κ1) is 50.5. The molecule has 6 rings (SSSR count). The van der Waals surface area contributed by atoms with Gasteiger partial charge in [-0.3, -0.25) is 10.2 Å². The Bertz CT molecular complexity index is 2940. The molecule has 8 N–H and O–H groups in total. The van der Waals surface area contributed by atoms with Crippen LogP contribution in [0.5, 0.6) is 0 Å². The number of Topliss-reactive ketones (excluding diaryl/α,β-unsaturated/α-hetero) is 1. The van der Waals surface area contributed by atoms with E-state index in [0.29, 0.717) is 46.3 Å². The van der Waals surface area contributed by atoms with E-state index in [0.717, 1.165) is 12.1 Å². The summed E-state index contributed by atoms with van der Waals surface area (Å²) in [5.41, 5.74) is 18.1. The Labute approximate surface area is 409 Å². The number of nitrogens with one attached hydrogen (secondary N) is 2. The van der Waals surface area contributed by atoms with Crippen LogP contribution < -0.4 is 117 Å². The number of azo groups is 2. The van der Waals surface area contributed by atoms with E-state index in [-0.39, 0.29) is 100 Å². The fourth-order valence-electron chi connectivity index (χ4n) is 5.25. The van der Waals surface area contributed by atoms with Gasteiger partial charge in [-0.15, -0.1) is 10.2 Å². The third-order valence-corrected chi connectivity index (χ3v) is 10.5. The maximum absolute atomic E-state index is 13.7. The zero-order valence-corrected chi connectivity index (χ0v) is 40.0. The summed E-state index contributed by atoms with van der Waals surface area (Å²) in [7, 11) is -16.1. The first-order valence-corrected chi connectivity index (χ1v) is 20.0. The molecule has 5 aromatic carbocycles. The second-order valence-electron chi connectivity index (χ2n) is 11.8. The molecule has 1 aliphatic carbocycles. The average Bonchev–Trinajstić information content (AvgIpc) is 3.13. The van der Waals surface area contributed by atoms with Gasteiger partial charge in [0.25, 0.3) is 0 Å². The van der Waals surface area contributed by atoms with E-state index in [4.69, 9.17) is 17.2 Å². The molecule has 0 bridgehead atoms. The van der Waals surface area contributed by atoms with Crippen molar-refractivity contribution in [2.75, 3.05) is 27.9 Å². The van der Waals surface area contributed by atoms with E-state index in [2.05, 4.69) is 36.3 Å². The van der Waals surface area contributed by atoms with Crippen LogP contribution in [0.2, 0.25) is 0 Å². The molecule has 0 spiro atoms. The molecule has 26 heteroatoms. The fourth-order valence-corrected chi connectivity index (χ4v) is 7.21. The van der Waals surface area contributed by atoms with Crippen molar-refractivity contribution in [2.24, 2.45) is 25.6 Å². The van der Waals surface area contributed by atoms with Gasteiger partial charge in [-0.2, -0.15) is 15.3 Å². The SMILES string of the molecule is Nc1ccc(N=Nc2ccc(Nc3ccc(N=Nc4c(S(=O)(=O)[O-])cc5c(c4N)C(=O)C(=NNc4ccccc4)C(S(=O)(=O)[O-])=C5)cc3S(=O)(=O)[O-])cc2)c(N)c1.[Na+].[Na+].[Na+]. The van der Waals surface area contributed by atoms with Crippen molar-refractivity contribution in [1.29, 1.82) is 0 Å². The predicted octanol–water partition coefficient (Wildman–Crippen LogP) is -3.62. The number of carbonyl (C=O) groups is 1. The molecule has 0 heterocycles. The fraction of sp³-hybridized carbons (Fsp3) is 0. The Balaban J connectivity index is 0.00000320. The van der Waals surface area contributed by atoms with Crippen molar-refractivity contribution in [3.05, 3.63) is 113 Å². The average molecular weight is 899 g/mol. The Morgan fingerprint density at radius 3 is 1.82 bits per heavy atom. The quantitative estimate of drug-likeness (QED) is 0.0281. The third-order valence-electron chi connectivity index (χ3n) is 7.88. The second-order valence-corrected chi connectivity index (χ2v) is 15.9. The standard InChI is InChI=1S/C34H28N10O10S3.3Na/c35-19-6-12-25(24(36)16-19)42-39-22-9-7-20(8-10-22)38-26-13-11-23(17-27(26)55(46,47)48)41-43-32-28(56(49,50)51)14-18-15-29(57(52,53)54)33(34(45)30(18)31(32)37)44-40-21-4-2-1-3-5-21;;;/h1-17,38,40H,35-37H2,(H,46,47,48)(H,49,50,51)(H,52,53,54);;;/q;3*+1/p-3. The number of hydrogen-bond donors (Lipinski definition) is 5. The first-order valence-electron chi connectivity index (χ1n) is 15.8. The molecule has 0 atom stereocenters. The minimum atomic E-state index is -5.49. The van der Waals surface area contributed by atoms with E-state index < -0.39 is 79.0 Å². The maximum Gasteiger partial charge on any atom is 1.00 e. The smallest absolute Gasteiger partial charge is 0.744 e. The van der Waals surface area contributed by atoms with Crippen molar-refractivity contribution < 1.29 is 132 Å². The Kier molecular flexibility index (Phi) is 17.1. The Morgan fingerprint density at radius 1 is 0.600 bits per heavy atom. The molecular formula is C34H25N10Na3O10S3. The molecule has 0 aromatic heterocycles. The molecule has 0 fully saturated rings. The number of fused-ring (bicyclic) bond motifs is 1. The molecule has 0 saturated heterocycles. The van der Waals surface area contributed by atoms with Crippen LogP contribution in [0.25, 0.3) is 6.08 Å². The largest absolute Gasteiger partial charge is 1.00 e. The molecule has 0 amide bonds. The number of nitrogen functional groups attached to an aromatic ring is 3. The van der Waals surface area contributed by atoms with Gasteiger partial charge in [-0.05, 0) is 90.5 Å². The van der Waals surface area contributed by atoms with Crippen LogP contribution in [0.3, 0.4) is 0 Å². The molecular weight excluding hydrogens is 874 g/mol. The Hall–Kier alpha value is -3.89. The zero-order chi connectivity index (χ0) is 41.3. The summed E-state index contributed by atoms with van der Waals surface area (Å²) in [6.45, 7) is 0. The molecule has 60 heavy (non-hydrogen) atoms. The van der Waals surface area contributed by atoms with Gasteiger partial charge in [-0.1, -0.05) is 18.2 Å². The third kappa shape index (κ3) is 11.9. The van der Waals surface area contributed by atoms with Crippen LogP contribution in [-0.4, -0.2) is 50.4 Å². The van der Waals surface area contributed by atoms with Gasteiger partial charge >= 0.3 is 88.7 Å². The molecule has 5 aromatic rings. The van der Waals surface area contributed by atoms with Crippen molar-refractivity contribution in [2.45, 2.75) is 9.79 Å². The molecule has 0 saturated carbocycles. The van der Waals surface area contributed by atoms with Crippen LogP contribution in [0.4, 0.5) is 56.9 Å². The Morgan fingerprint density at radius 2 is 1.22 bits per heavy atom. The van der Waals surface area contributed by atoms with E-state index in [1.54, 1.807) is 30.3 Å². The number of allylic oxidation sites excluding steroid dienone is 1. The number of rotatable bonds is 11. The van der Waals surface area contributed by atoms with Crippen molar-refractivity contribution in [1.82, 2.24) is 0 Å². The number of nitrogens with two attached hydrogens (primary N) is 3. The zero-order valence-electron chi connectivity index (χ0n) is 31.6. The summed E-state index contributed by atoms with van der Waals surface area (Å²) in [6.07, 6.45) is 0.628. The van der Waals surface area contributed by atoms with Crippen LogP contribution in [0, 0.1) is 0 Å². The van der Waals surface area contributed by atoms with Gasteiger partial charge < -0.3 is 36.2 Å². The van der Waals surface area contributed by atoms with Gasteiger partial charge in [0, 0.05) is 11.4 Å². The summed E-state index contributed by atoms with van der Waals surface area (Å²) >= 11 is 0. The van der Waals surface area contributed by atoms with Gasteiger partial charge in [0.1, 0.15) is 47.4 Å². The molecule has 0 unspecified atom stereocenters. The summed E-state index contributed by atoms with van der Waals surface area (Å²) in [5, 5.41) is 22.3. The van der Waals surface area contributed by atoms with Gasteiger partial charge in [-0.25, -0.2) is 25.3 Å². The molecule has 20 nitrogen and oxygen atoms in total. The predicted molar refractivity (Wildman–Crippen MR) is 206 cm³/mol. The second kappa shape index (κ2) is 20.3. The van der Waals surface area contributed by atoms with Crippen LogP contribution in [0.1, 0.15) is 15.9 Å². The number of carbonyl (C=O) groups excluding carboxylic acids is 1. The normalized spacial score (nSPS) is 13.5. The minimum absolute atomic E-state index is 0. The van der Waals surface area contributed by atoms with Crippen LogP contribution in [0.15, 0.2) is 137 Å². The first-order chi connectivity index (χ1) is 26.8. The van der Waals surface area contributed by atoms with Crippen molar-refractivity contribution in [3.63, 3.8) is 0 Å². The van der Waals surface area contributed by atoms with E-state index >= 15 is 0 Å². The summed E-state index contributed by atoms with van der Waals surface area (Å²) in [5.74, 6) is -1.26. The number of nitrogens with zero attached hydrogens (tertiary/aromatic N) is 5. The maximum atomic E-state index is 13.7. The monoisotopic (exact) mass is 898 g/mol. The van der Waals surface area contributed by atoms with Gasteiger partial charge in [0.15, 0.2) is 0 Å². The molecule has 0 aliphatic heterocycles. The van der Waals surface area contributed by atoms with E-state index in [1.165, 1.54) is 48.5 Å². The molecule has 292 valence electrons. The van der Waals surface area contributed by atoms with E-state index in [1.807, 2.05) is 0 Å². The van der Waals surface area contributed by atoms with Crippen molar-refractivity contribution in [3.8, 4) is 0 Å². The van der Waals surface area contributed by atoms with E-state index in [9.17, 15) is 43.7 Å². The van der Waals surface area contributed by atoms with Crippen LogP contribution in [-0.2, 0) is 30.4 Å². The minimum Gasteiger partial charge on any atom is -0.744 e. The number of anilines is 6. The van der Waals surface area contributed by atoms with Gasteiger partial charge in [0.2, 0.25) is 5.78 Å². The summed E-state index contributed by atoms with van der Waals surface area (Å²) < 4.78 is 111. The molecule has 0 radical (unpaired) electrons. The van der Waals surface area contributed by atoms with Crippen molar-refractivity contribution >= 4 is 105 Å². The van der Waals surface area contributed by atoms with Gasteiger partial charge in [0.05, 0.1) is 54.4 Å².